The molecule has 1 fully saturated rings. The molecule has 0 bridgehead atoms. The van der Waals surface area contributed by atoms with Crippen LogP contribution in [0, 0.1) is 6.92 Å². The van der Waals surface area contributed by atoms with Gasteiger partial charge in [0.05, 0.1) is 34.6 Å². The second kappa shape index (κ2) is 7.94. The second-order valence-corrected chi connectivity index (χ2v) is 7.21. The molecule has 2 aromatic heterocycles. The first-order chi connectivity index (χ1) is 13.9. The zero-order valence-electron chi connectivity index (χ0n) is 15.3. The molecule has 3 aromatic rings. The van der Waals surface area contributed by atoms with E-state index in [1.165, 1.54) is 0 Å². The minimum absolute atomic E-state index is 0.164. The molecular weight excluding hydrogens is 421 g/mol. The summed E-state index contributed by atoms with van der Waals surface area (Å²) in [5, 5.41) is 9.46. The summed E-state index contributed by atoms with van der Waals surface area (Å²) in [4.78, 5) is 29.0. The molecule has 152 valence electrons. The van der Waals surface area contributed by atoms with Crippen molar-refractivity contribution in [3.63, 3.8) is 0 Å². The largest absolute Gasteiger partial charge is 0.434 e. The van der Waals surface area contributed by atoms with Gasteiger partial charge in [-0.05, 0) is 25.1 Å². The maximum atomic E-state index is 12.8. The monoisotopic (exact) mass is 437 g/mol. The molecular formula is C18H17Cl2N5O4. The van der Waals surface area contributed by atoms with Crippen molar-refractivity contribution >= 4 is 40.5 Å². The van der Waals surface area contributed by atoms with E-state index in [-0.39, 0.29) is 16.6 Å². The van der Waals surface area contributed by atoms with Crippen LogP contribution in [0.4, 0.5) is 11.4 Å². The molecule has 1 aromatic carbocycles. The topological polar surface area (TPSA) is 116 Å². The van der Waals surface area contributed by atoms with Crippen LogP contribution >= 0.6 is 23.2 Å². The van der Waals surface area contributed by atoms with E-state index in [2.05, 4.69) is 25.4 Å². The fraction of sp³-hybridized carbons (Fsp3) is 0.278. The van der Waals surface area contributed by atoms with E-state index >= 15 is 0 Å². The lowest BCUT2D eigenvalue weighted by atomic mass is 10.1. The third-order valence-electron chi connectivity index (χ3n) is 4.56. The smallest absolute Gasteiger partial charge is 0.388 e. The Kier molecular flexibility index (Phi) is 5.35. The molecule has 1 amide bonds. The number of aromatic nitrogens is 3. The van der Waals surface area contributed by atoms with Crippen LogP contribution in [-0.4, -0.2) is 47.4 Å². The van der Waals surface area contributed by atoms with E-state index in [1.54, 1.807) is 25.1 Å². The molecule has 11 heteroatoms. The summed E-state index contributed by atoms with van der Waals surface area (Å²) < 4.78 is 10.5. The Hall–Kier alpha value is -2.75. The highest BCUT2D eigenvalue weighted by Crippen LogP contribution is 2.33. The minimum atomic E-state index is -0.640. The number of halogens is 2. The number of H-pyrrole nitrogens is 2. The molecule has 1 aliphatic heterocycles. The van der Waals surface area contributed by atoms with Gasteiger partial charge in [-0.15, -0.1) is 5.10 Å². The number of aryl methyl sites for hydroxylation is 1. The normalized spacial score (nSPS) is 14.2. The van der Waals surface area contributed by atoms with Gasteiger partial charge in [-0.3, -0.25) is 4.79 Å². The number of morpholine rings is 1. The Morgan fingerprint density at radius 1 is 1.24 bits per heavy atom. The lowest BCUT2D eigenvalue weighted by molar-refractivity contribution is 0.102. The number of nitrogens with one attached hydrogen (secondary N) is 3. The summed E-state index contributed by atoms with van der Waals surface area (Å²) in [6.45, 7) is 4.14. The first-order valence-corrected chi connectivity index (χ1v) is 9.57. The molecule has 3 heterocycles. The van der Waals surface area contributed by atoms with Crippen molar-refractivity contribution < 1.29 is 13.9 Å². The summed E-state index contributed by atoms with van der Waals surface area (Å²) >= 11 is 12.2. The summed E-state index contributed by atoms with van der Waals surface area (Å²) in [6.07, 6.45) is 0. The van der Waals surface area contributed by atoms with Crippen molar-refractivity contribution in [2.75, 3.05) is 36.5 Å². The molecule has 0 radical (unpaired) electrons. The number of benzene rings is 1. The molecule has 0 saturated carbocycles. The van der Waals surface area contributed by atoms with Gasteiger partial charge in [0.1, 0.15) is 5.69 Å². The van der Waals surface area contributed by atoms with Crippen LogP contribution in [0.3, 0.4) is 0 Å². The van der Waals surface area contributed by atoms with E-state index in [1.807, 2.05) is 0 Å². The molecule has 0 aliphatic carbocycles. The third-order valence-corrected chi connectivity index (χ3v) is 5.51. The number of ether oxygens (including phenoxy) is 1. The van der Waals surface area contributed by atoms with Crippen LogP contribution in [0.15, 0.2) is 27.4 Å². The van der Waals surface area contributed by atoms with Gasteiger partial charge in [0.2, 0.25) is 5.89 Å². The summed E-state index contributed by atoms with van der Waals surface area (Å²) in [5.74, 6) is -0.894. The van der Waals surface area contributed by atoms with E-state index < -0.39 is 11.7 Å². The molecule has 4 rings (SSSR count). The second-order valence-electron chi connectivity index (χ2n) is 6.46. The molecule has 3 N–H and O–H groups in total. The van der Waals surface area contributed by atoms with Gasteiger partial charge >= 0.3 is 5.76 Å². The summed E-state index contributed by atoms with van der Waals surface area (Å²) in [5.41, 5.74) is 2.71. The maximum Gasteiger partial charge on any atom is 0.434 e. The first-order valence-electron chi connectivity index (χ1n) is 8.81. The fourth-order valence-corrected chi connectivity index (χ4v) is 3.52. The molecule has 0 spiro atoms. The molecule has 0 atom stereocenters. The van der Waals surface area contributed by atoms with Crippen molar-refractivity contribution in [3.8, 4) is 11.5 Å². The number of rotatable bonds is 4. The number of anilines is 2. The number of aromatic amines is 2. The van der Waals surface area contributed by atoms with Crippen LogP contribution in [0.1, 0.15) is 16.2 Å². The van der Waals surface area contributed by atoms with Crippen LogP contribution in [0.5, 0.6) is 0 Å². The van der Waals surface area contributed by atoms with Gasteiger partial charge in [-0.2, -0.15) is 0 Å². The predicted octanol–water partition coefficient (Wildman–Crippen LogP) is 3.06. The lowest BCUT2D eigenvalue weighted by Gasteiger charge is -2.30. The Balaban J connectivity index is 1.70. The van der Waals surface area contributed by atoms with Crippen LogP contribution in [0.2, 0.25) is 10.0 Å². The standard InChI is InChI=1S/C18H17Cl2N5O4/c1-9-13(19)14(20)15(21-9)16(26)22-11-3-2-10(17-23-24-18(27)29-17)8-12(11)25-4-6-28-7-5-25/h2-3,8,21H,4-7H2,1H3,(H,22,26)(H,24,27). The van der Waals surface area contributed by atoms with Gasteiger partial charge in [-0.1, -0.05) is 23.2 Å². The quantitative estimate of drug-likeness (QED) is 0.577. The Labute approximate surface area is 174 Å². The average Bonchev–Trinajstić information content (AvgIpc) is 3.27. The van der Waals surface area contributed by atoms with Gasteiger partial charge in [-0.25, -0.2) is 9.89 Å². The van der Waals surface area contributed by atoms with E-state index in [0.717, 1.165) is 5.69 Å². The number of amides is 1. The first kappa shape index (κ1) is 19.6. The highest BCUT2D eigenvalue weighted by atomic mass is 35.5. The zero-order chi connectivity index (χ0) is 20.5. The van der Waals surface area contributed by atoms with Gasteiger partial charge < -0.3 is 24.4 Å². The van der Waals surface area contributed by atoms with Crippen molar-refractivity contribution in [2.45, 2.75) is 6.92 Å². The molecule has 1 aliphatic rings. The minimum Gasteiger partial charge on any atom is -0.388 e. The molecule has 29 heavy (non-hydrogen) atoms. The molecule has 9 nitrogen and oxygen atoms in total. The number of carbonyl (C=O) groups is 1. The SMILES string of the molecule is Cc1[nH]c(C(=O)Nc2ccc(-c3n[nH]c(=O)o3)cc2N2CCOCC2)c(Cl)c1Cl. The van der Waals surface area contributed by atoms with Gasteiger partial charge in [0, 0.05) is 24.3 Å². The molecule has 0 unspecified atom stereocenters. The Bertz CT molecular complexity index is 1110. The van der Waals surface area contributed by atoms with Crippen LogP contribution < -0.4 is 16.0 Å². The van der Waals surface area contributed by atoms with E-state index in [4.69, 9.17) is 32.4 Å². The zero-order valence-corrected chi connectivity index (χ0v) is 16.9. The highest BCUT2D eigenvalue weighted by molar-refractivity contribution is 6.44. The van der Waals surface area contributed by atoms with Crippen molar-refractivity contribution in [1.29, 1.82) is 0 Å². The number of nitrogens with zero attached hydrogens (tertiary/aromatic N) is 2. The summed E-state index contributed by atoms with van der Waals surface area (Å²) in [6, 6.07) is 5.22. The van der Waals surface area contributed by atoms with Crippen molar-refractivity contribution in [3.05, 3.63) is 50.2 Å². The number of hydrogen-bond acceptors (Lipinski definition) is 6. The average molecular weight is 438 g/mol. The number of carbonyl (C=O) groups excluding carboxylic acids is 1. The third kappa shape index (κ3) is 3.89. The fourth-order valence-electron chi connectivity index (χ4n) is 3.10. The Morgan fingerprint density at radius 2 is 2.00 bits per heavy atom. The van der Waals surface area contributed by atoms with Crippen molar-refractivity contribution in [1.82, 2.24) is 15.2 Å². The Morgan fingerprint density at radius 3 is 2.62 bits per heavy atom. The van der Waals surface area contributed by atoms with Crippen LogP contribution in [-0.2, 0) is 4.74 Å². The maximum absolute atomic E-state index is 12.8. The summed E-state index contributed by atoms with van der Waals surface area (Å²) in [7, 11) is 0. The van der Waals surface area contributed by atoms with Crippen LogP contribution in [0.25, 0.3) is 11.5 Å². The predicted molar refractivity (Wildman–Crippen MR) is 109 cm³/mol. The lowest BCUT2D eigenvalue weighted by Crippen LogP contribution is -2.36. The van der Waals surface area contributed by atoms with Crippen molar-refractivity contribution in [2.24, 2.45) is 0 Å². The van der Waals surface area contributed by atoms with Gasteiger partial charge in [0.25, 0.3) is 5.91 Å². The van der Waals surface area contributed by atoms with E-state index in [9.17, 15) is 9.59 Å². The van der Waals surface area contributed by atoms with E-state index in [0.29, 0.717) is 48.3 Å². The highest BCUT2D eigenvalue weighted by Gasteiger charge is 2.22. The van der Waals surface area contributed by atoms with Gasteiger partial charge in [0.15, 0.2) is 0 Å². The molecule has 1 saturated heterocycles. The number of hydrogen-bond donors (Lipinski definition) is 3.